The van der Waals surface area contributed by atoms with Crippen LogP contribution in [0.4, 0.5) is 5.13 Å². The van der Waals surface area contributed by atoms with E-state index in [9.17, 15) is 20.0 Å². The Morgan fingerprint density at radius 3 is 1.98 bits per heavy atom. The van der Waals surface area contributed by atoms with Crippen LogP contribution >= 0.6 is 11.3 Å². The molecule has 0 aromatic carbocycles. The first kappa shape index (κ1) is 39.5. The smallest absolute Gasteiger partial charge is 0.286 e. The van der Waals surface area contributed by atoms with Crippen molar-refractivity contribution >= 4 is 34.4 Å². The molecule has 46 heavy (non-hydrogen) atoms. The van der Waals surface area contributed by atoms with E-state index in [0.717, 1.165) is 51.7 Å². The number of thiazole rings is 1. The number of rotatable bonds is 15. The number of amides is 2. The van der Waals surface area contributed by atoms with Crippen LogP contribution in [0.25, 0.3) is 6.08 Å². The van der Waals surface area contributed by atoms with E-state index in [0.29, 0.717) is 23.0 Å². The molecule has 2 amide bonds. The summed E-state index contributed by atoms with van der Waals surface area (Å²) < 4.78 is 0. The van der Waals surface area contributed by atoms with Gasteiger partial charge in [-0.15, -0.1) is 0 Å². The number of carbonyl (C=O) groups is 2. The fourth-order valence-electron chi connectivity index (χ4n) is 5.97. The molecule has 0 aliphatic carbocycles. The fraction of sp³-hybridized carbons (Fsp3) is 0.730. The Bertz CT molecular complexity index is 1280. The van der Waals surface area contributed by atoms with Crippen LogP contribution in [0, 0.1) is 28.6 Å². The minimum atomic E-state index is -1.44. The number of nitriles is 1. The van der Waals surface area contributed by atoms with Crippen molar-refractivity contribution in [3.63, 3.8) is 0 Å². The van der Waals surface area contributed by atoms with Crippen LogP contribution in [0.1, 0.15) is 138 Å². The molecule has 0 saturated carbocycles. The average molecular weight is 656 g/mol. The zero-order valence-electron chi connectivity index (χ0n) is 30.8. The Morgan fingerprint density at radius 1 is 1.04 bits per heavy atom. The lowest BCUT2D eigenvalue weighted by atomic mass is 9.89. The second-order valence-electron chi connectivity index (χ2n) is 15.0. The topological polar surface area (TPSA) is 101 Å². The maximum atomic E-state index is 13.4. The van der Waals surface area contributed by atoms with Gasteiger partial charge in [0.05, 0.1) is 10.6 Å². The quantitative estimate of drug-likeness (QED) is 0.203. The number of unbranched alkanes of at least 4 members (excludes halogenated alkanes) is 2. The number of aliphatic hydroxyl groups excluding tert-OH is 1. The van der Waals surface area contributed by atoms with Gasteiger partial charge in [-0.2, -0.15) is 5.26 Å². The van der Waals surface area contributed by atoms with Crippen LogP contribution in [0.5, 0.6) is 0 Å². The lowest BCUT2D eigenvalue weighted by molar-refractivity contribution is -0.180. The van der Waals surface area contributed by atoms with Crippen LogP contribution in [-0.4, -0.2) is 58.3 Å². The van der Waals surface area contributed by atoms with Crippen molar-refractivity contribution in [3.05, 3.63) is 27.3 Å². The Labute approximate surface area is 283 Å². The van der Waals surface area contributed by atoms with E-state index in [1.165, 1.54) is 45.6 Å². The van der Waals surface area contributed by atoms with E-state index < -0.39 is 17.6 Å². The van der Waals surface area contributed by atoms with Gasteiger partial charge in [0.25, 0.3) is 5.91 Å². The highest BCUT2D eigenvalue weighted by atomic mass is 32.1. The van der Waals surface area contributed by atoms with Gasteiger partial charge in [-0.25, -0.2) is 9.99 Å². The highest BCUT2D eigenvalue weighted by molar-refractivity contribution is 7.16. The van der Waals surface area contributed by atoms with Crippen LogP contribution in [-0.2, 0) is 15.0 Å². The van der Waals surface area contributed by atoms with Gasteiger partial charge in [0.15, 0.2) is 11.4 Å². The zero-order valence-corrected chi connectivity index (χ0v) is 31.6. The van der Waals surface area contributed by atoms with Gasteiger partial charge < -0.3 is 10.0 Å². The number of nitrogens with zero attached hydrogens (tertiary/aromatic N) is 5. The van der Waals surface area contributed by atoms with Gasteiger partial charge in [-0.3, -0.25) is 14.6 Å². The first-order chi connectivity index (χ1) is 21.5. The van der Waals surface area contributed by atoms with E-state index in [1.54, 1.807) is 39.0 Å². The molecule has 2 heterocycles. The maximum absolute atomic E-state index is 13.4. The van der Waals surface area contributed by atoms with Crippen molar-refractivity contribution in [2.24, 2.45) is 17.3 Å². The van der Waals surface area contributed by atoms with Crippen molar-refractivity contribution in [1.82, 2.24) is 15.0 Å². The Balaban J connectivity index is 2.74. The summed E-state index contributed by atoms with van der Waals surface area (Å²) in [4.78, 5) is 35.3. The third-order valence-corrected chi connectivity index (χ3v) is 10.1. The van der Waals surface area contributed by atoms with Gasteiger partial charge in [0.1, 0.15) is 11.6 Å². The van der Waals surface area contributed by atoms with Crippen molar-refractivity contribution < 1.29 is 14.7 Å². The molecule has 0 bridgehead atoms. The first-order valence-electron chi connectivity index (χ1n) is 17.3. The lowest BCUT2D eigenvalue weighted by Crippen LogP contribution is -2.58. The molecule has 3 unspecified atom stereocenters. The molecular formula is C37H61N5O3S. The Morgan fingerprint density at radius 2 is 1.57 bits per heavy atom. The van der Waals surface area contributed by atoms with E-state index in [-0.39, 0.29) is 16.9 Å². The number of hydrogen-bond donors (Lipinski definition) is 1. The molecule has 1 N–H and O–H groups in total. The molecule has 0 radical (unpaired) electrons. The second kappa shape index (κ2) is 16.9. The SMILES string of the molecule is CCCCC(CC)CN(CC(CC)CCCC)c1nc(C(C)(C)C)c(/C=C2/C(C)=C(C#N)C(=O)N(N(C)C(=O)C(C)(C)C)C2O)s1. The maximum Gasteiger partial charge on any atom is 0.286 e. The predicted molar refractivity (Wildman–Crippen MR) is 191 cm³/mol. The average Bonchev–Trinajstić information content (AvgIpc) is 3.42. The van der Waals surface area contributed by atoms with E-state index in [4.69, 9.17) is 4.98 Å². The summed E-state index contributed by atoms with van der Waals surface area (Å²) in [7, 11) is 1.47. The van der Waals surface area contributed by atoms with Crippen LogP contribution in [0.3, 0.4) is 0 Å². The fourth-order valence-corrected chi connectivity index (χ4v) is 7.22. The summed E-state index contributed by atoms with van der Waals surface area (Å²) >= 11 is 1.61. The van der Waals surface area contributed by atoms with E-state index >= 15 is 0 Å². The summed E-state index contributed by atoms with van der Waals surface area (Å²) in [6.07, 6.45) is 9.88. The summed E-state index contributed by atoms with van der Waals surface area (Å²) in [6, 6.07) is 2.04. The molecule has 1 aromatic rings. The van der Waals surface area contributed by atoms with Crippen molar-refractivity contribution in [3.8, 4) is 6.07 Å². The minimum Gasteiger partial charge on any atom is -0.368 e. The molecule has 0 fully saturated rings. The van der Waals surface area contributed by atoms with Gasteiger partial charge >= 0.3 is 0 Å². The number of anilines is 1. The van der Waals surface area contributed by atoms with Gasteiger partial charge in [0.2, 0.25) is 5.91 Å². The molecule has 1 aromatic heterocycles. The summed E-state index contributed by atoms with van der Waals surface area (Å²) in [5.41, 5.74) is 0.566. The standard InChI is InChI=1S/C37H61N5O3S/c1-13-17-19-26(15-3)23-41(24-27(16-4)20-18-14-2)35-39-31(36(6,7)8)30(46-35)21-28-25(5)29(22-38)33(44)42(32(28)43)40(12)34(45)37(9,10)11/h21,26-27,32,43H,13-20,23-24H2,1-12H3/b28-21-. The molecule has 0 spiro atoms. The van der Waals surface area contributed by atoms with Gasteiger partial charge in [0, 0.05) is 36.5 Å². The molecule has 2 rings (SSSR count). The lowest BCUT2D eigenvalue weighted by Gasteiger charge is -2.41. The zero-order chi connectivity index (χ0) is 35.0. The molecule has 3 atom stereocenters. The van der Waals surface area contributed by atoms with Crippen LogP contribution in [0.15, 0.2) is 16.7 Å². The third kappa shape index (κ3) is 9.67. The van der Waals surface area contributed by atoms with Crippen LogP contribution in [0.2, 0.25) is 0 Å². The van der Waals surface area contributed by atoms with Crippen molar-refractivity contribution in [1.29, 1.82) is 5.26 Å². The minimum absolute atomic E-state index is 0.0859. The highest BCUT2D eigenvalue weighted by Crippen LogP contribution is 2.39. The van der Waals surface area contributed by atoms with Crippen molar-refractivity contribution in [2.75, 3.05) is 25.0 Å². The normalized spacial score (nSPS) is 18.2. The largest absolute Gasteiger partial charge is 0.368 e. The number of carbonyl (C=O) groups excluding carboxylic acids is 2. The molecular weight excluding hydrogens is 595 g/mol. The first-order valence-corrected chi connectivity index (χ1v) is 18.2. The molecule has 258 valence electrons. The van der Waals surface area contributed by atoms with Crippen LogP contribution < -0.4 is 4.90 Å². The summed E-state index contributed by atoms with van der Waals surface area (Å²) in [6.45, 7) is 24.3. The van der Waals surface area contributed by atoms with Crippen molar-refractivity contribution in [2.45, 2.75) is 139 Å². The molecule has 1 aliphatic heterocycles. The Hall–Kier alpha value is -2.70. The van der Waals surface area contributed by atoms with Gasteiger partial charge in [-0.1, -0.05) is 119 Å². The monoisotopic (exact) mass is 655 g/mol. The van der Waals surface area contributed by atoms with Gasteiger partial charge in [-0.05, 0) is 43.3 Å². The highest BCUT2D eigenvalue weighted by Gasteiger charge is 2.42. The molecule has 9 heteroatoms. The predicted octanol–water partition coefficient (Wildman–Crippen LogP) is 8.48. The second-order valence-corrected chi connectivity index (χ2v) is 16.0. The third-order valence-electron chi connectivity index (χ3n) is 9.06. The summed E-state index contributed by atoms with van der Waals surface area (Å²) in [5, 5.41) is 24.8. The van der Waals surface area contributed by atoms with E-state index in [2.05, 4.69) is 53.4 Å². The van der Waals surface area contributed by atoms with E-state index in [1.807, 2.05) is 12.1 Å². The number of aliphatic hydroxyl groups is 1. The molecule has 1 aliphatic rings. The molecule has 8 nitrogen and oxygen atoms in total. The Kier molecular flexibility index (Phi) is 14.5. The number of hydrazine groups is 1. The number of hydrogen-bond acceptors (Lipinski definition) is 7. The molecule has 0 saturated heterocycles. The number of aromatic nitrogens is 1. The summed E-state index contributed by atoms with van der Waals surface area (Å²) in [5.74, 6) is 0.120.